The van der Waals surface area contributed by atoms with Gasteiger partial charge in [-0.05, 0) is 49.4 Å². The lowest BCUT2D eigenvalue weighted by Crippen LogP contribution is -2.47. The Balaban J connectivity index is 1.40. The number of rotatable bonds is 11. The highest BCUT2D eigenvalue weighted by Crippen LogP contribution is 2.61. The summed E-state index contributed by atoms with van der Waals surface area (Å²) in [7, 11) is 4.44. The maximum Gasteiger partial charge on any atom is 0.0818 e. The van der Waals surface area contributed by atoms with Crippen LogP contribution in [0.4, 0.5) is 0 Å². The summed E-state index contributed by atoms with van der Waals surface area (Å²) in [5.74, 6) is 0.506. The third-order valence-corrected chi connectivity index (χ3v) is 7.82. The molecule has 6 aliphatic rings. The Morgan fingerprint density at radius 1 is 0.759 bits per heavy atom. The molecule has 0 aromatic carbocycles. The summed E-state index contributed by atoms with van der Waals surface area (Å²) < 4.78 is 28.8. The maximum atomic E-state index is 5.80. The second-order valence-corrected chi connectivity index (χ2v) is 10.7. The van der Waals surface area contributed by atoms with Gasteiger partial charge < -0.3 is 28.6 Å². The molecule has 5 saturated heterocycles. The number of hydrogen-bond donors (Lipinski definition) is 0. The van der Waals surface area contributed by atoms with E-state index in [0.29, 0.717) is 36.4 Å². The predicted molar refractivity (Wildman–Crippen MR) is 107 cm³/mol. The van der Waals surface area contributed by atoms with Crippen LogP contribution < -0.4 is 0 Å². The van der Waals surface area contributed by atoms with Gasteiger partial charge >= 0.3 is 0 Å². The molecule has 0 radical (unpaired) electrons. The molecule has 6 rings (SSSR count). The molecule has 6 atom stereocenters. The van der Waals surface area contributed by atoms with Crippen molar-refractivity contribution in [1.29, 1.82) is 0 Å². The van der Waals surface area contributed by atoms with Gasteiger partial charge in [-0.15, -0.1) is 0 Å². The molecule has 6 unspecified atom stereocenters. The normalized spacial score (nSPS) is 49.4. The standard InChI is InChI=1S/C23H35NO5/c1-24(2)21-8-22(4-16-10-26-16,5-17-11-27-17)14-23(6-18-12-28-18,7-19-13-29-19)20(21)3-15-9-25-15/h8,15-20H,3-7,9-14H2,1-2H3. The molecular formula is C23H35NO5. The SMILES string of the molecule is CN(C)C1=CC(CC2CO2)(CC2CO2)CC(CC2CO2)(CC2CO2)C1CC1CO1. The van der Waals surface area contributed by atoms with Crippen LogP contribution in [-0.4, -0.2) is 82.5 Å². The lowest BCUT2D eigenvalue weighted by molar-refractivity contribution is 0.0152. The number of nitrogens with zero attached hydrogens (tertiary/aromatic N) is 1. The van der Waals surface area contributed by atoms with E-state index in [4.69, 9.17) is 23.7 Å². The predicted octanol–water partition coefficient (Wildman–Crippen LogP) is 2.37. The Morgan fingerprint density at radius 3 is 1.62 bits per heavy atom. The summed E-state index contributed by atoms with van der Waals surface area (Å²) in [5.41, 5.74) is 1.84. The van der Waals surface area contributed by atoms with Crippen molar-refractivity contribution in [2.24, 2.45) is 16.7 Å². The first kappa shape index (κ1) is 19.1. The average Bonchev–Trinajstić information content (AvgIpc) is 3.46. The van der Waals surface area contributed by atoms with Gasteiger partial charge in [0.1, 0.15) is 0 Å². The van der Waals surface area contributed by atoms with Crippen molar-refractivity contribution < 1.29 is 23.7 Å². The second kappa shape index (κ2) is 6.92. The third-order valence-electron chi connectivity index (χ3n) is 7.82. The van der Waals surface area contributed by atoms with E-state index in [-0.39, 0.29) is 10.8 Å². The fourth-order valence-electron chi connectivity index (χ4n) is 6.30. The van der Waals surface area contributed by atoms with Crippen LogP contribution in [0.2, 0.25) is 0 Å². The van der Waals surface area contributed by atoms with Crippen molar-refractivity contribution in [3.8, 4) is 0 Å². The average molecular weight is 406 g/mol. The van der Waals surface area contributed by atoms with E-state index in [9.17, 15) is 0 Å². The number of hydrogen-bond acceptors (Lipinski definition) is 6. The van der Waals surface area contributed by atoms with E-state index in [1.54, 1.807) is 0 Å². The number of ether oxygens (including phenoxy) is 5. The molecule has 6 heteroatoms. The molecule has 5 fully saturated rings. The van der Waals surface area contributed by atoms with Crippen molar-refractivity contribution in [1.82, 2.24) is 4.90 Å². The zero-order valence-electron chi connectivity index (χ0n) is 17.8. The molecule has 6 nitrogen and oxygen atoms in total. The van der Waals surface area contributed by atoms with Crippen LogP contribution in [0.3, 0.4) is 0 Å². The van der Waals surface area contributed by atoms with Gasteiger partial charge in [-0.3, -0.25) is 0 Å². The van der Waals surface area contributed by atoms with Crippen molar-refractivity contribution >= 4 is 0 Å². The van der Waals surface area contributed by atoms with Crippen LogP contribution in [0.5, 0.6) is 0 Å². The topological polar surface area (TPSA) is 65.9 Å². The Morgan fingerprint density at radius 2 is 1.21 bits per heavy atom. The third kappa shape index (κ3) is 4.38. The van der Waals surface area contributed by atoms with Crippen LogP contribution in [0, 0.1) is 16.7 Å². The van der Waals surface area contributed by atoms with E-state index in [2.05, 4.69) is 25.1 Å². The minimum Gasteiger partial charge on any atom is -0.381 e. The van der Waals surface area contributed by atoms with Gasteiger partial charge in [0, 0.05) is 25.7 Å². The maximum absolute atomic E-state index is 5.80. The van der Waals surface area contributed by atoms with Crippen LogP contribution in [0.25, 0.3) is 0 Å². The van der Waals surface area contributed by atoms with Gasteiger partial charge in [-0.2, -0.15) is 0 Å². The summed E-state index contributed by atoms with van der Waals surface area (Å²) in [6.07, 6.45) is 11.6. The summed E-state index contributed by atoms with van der Waals surface area (Å²) in [5, 5.41) is 0. The van der Waals surface area contributed by atoms with Gasteiger partial charge in [-0.25, -0.2) is 0 Å². The largest absolute Gasteiger partial charge is 0.381 e. The fraction of sp³-hybridized carbons (Fsp3) is 0.913. The molecule has 0 aromatic rings. The van der Waals surface area contributed by atoms with Gasteiger partial charge in [-0.1, -0.05) is 6.08 Å². The molecule has 162 valence electrons. The first-order valence-electron chi connectivity index (χ1n) is 11.5. The molecule has 0 spiro atoms. The smallest absolute Gasteiger partial charge is 0.0818 e. The fourth-order valence-corrected chi connectivity index (χ4v) is 6.30. The Bertz CT molecular complexity index is 630. The lowest BCUT2D eigenvalue weighted by Gasteiger charge is -2.53. The first-order valence-corrected chi connectivity index (χ1v) is 11.5. The quantitative estimate of drug-likeness (QED) is 0.492. The molecular weight excluding hydrogens is 370 g/mol. The van der Waals surface area contributed by atoms with Gasteiger partial charge in [0.15, 0.2) is 0 Å². The van der Waals surface area contributed by atoms with Crippen LogP contribution in [0.15, 0.2) is 11.8 Å². The number of allylic oxidation sites excluding steroid dienone is 2. The first-order chi connectivity index (χ1) is 14.0. The summed E-state index contributed by atoms with van der Waals surface area (Å²) in [6, 6.07) is 0. The van der Waals surface area contributed by atoms with Crippen LogP contribution in [-0.2, 0) is 23.7 Å². The van der Waals surface area contributed by atoms with E-state index in [1.165, 1.54) is 12.1 Å². The van der Waals surface area contributed by atoms with E-state index in [0.717, 1.165) is 65.1 Å². The van der Waals surface area contributed by atoms with Gasteiger partial charge in [0.25, 0.3) is 0 Å². The summed E-state index contributed by atoms with van der Waals surface area (Å²) in [6.45, 7) is 4.60. The molecule has 0 aromatic heterocycles. The van der Waals surface area contributed by atoms with Crippen LogP contribution >= 0.6 is 0 Å². The minimum atomic E-state index is 0.145. The Hall–Kier alpha value is -0.660. The Kier molecular flexibility index (Phi) is 4.55. The highest BCUT2D eigenvalue weighted by molar-refractivity contribution is 5.24. The Labute approximate surface area is 173 Å². The summed E-state index contributed by atoms with van der Waals surface area (Å²) >= 11 is 0. The molecule has 0 N–H and O–H groups in total. The van der Waals surface area contributed by atoms with Crippen molar-refractivity contribution in [3.05, 3.63) is 11.8 Å². The zero-order valence-corrected chi connectivity index (χ0v) is 17.8. The monoisotopic (exact) mass is 405 g/mol. The molecule has 0 amide bonds. The second-order valence-electron chi connectivity index (χ2n) is 10.7. The summed E-state index contributed by atoms with van der Waals surface area (Å²) in [4.78, 5) is 2.37. The van der Waals surface area contributed by atoms with E-state index < -0.39 is 0 Å². The minimum absolute atomic E-state index is 0.145. The molecule has 0 bridgehead atoms. The van der Waals surface area contributed by atoms with E-state index >= 15 is 0 Å². The highest BCUT2D eigenvalue weighted by atomic mass is 16.6. The molecule has 0 saturated carbocycles. The number of epoxide rings is 5. The molecule has 5 aliphatic heterocycles. The molecule has 29 heavy (non-hydrogen) atoms. The molecule has 5 heterocycles. The zero-order chi connectivity index (χ0) is 19.6. The van der Waals surface area contributed by atoms with Crippen molar-refractivity contribution in [3.63, 3.8) is 0 Å². The van der Waals surface area contributed by atoms with Crippen molar-refractivity contribution in [2.45, 2.75) is 69.0 Å². The van der Waals surface area contributed by atoms with Gasteiger partial charge in [0.2, 0.25) is 0 Å². The lowest BCUT2D eigenvalue weighted by atomic mass is 9.53. The van der Waals surface area contributed by atoms with E-state index in [1.807, 2.05) is 0 Å². The van der Waals surface area contributed by atoms with Crippen molar-refractivity contribution in [2.75, 3.05) is 47.1 Å². The highest BCUT2D eigenvalue weighted by Gasteiger charge is 2.57. The molecule has 1 aliphatic carbocycles. The van der Waals surface area contributed by atoms with Crippen LogP contribution in [0.1, 0.15) is 38.5 Å². The van der Waals surface area contributed by atoms with Gasteiger partial charge in [0.05, 0.1) is 63.6 Å².